The molecule has 1 aliphatic rings. The van der Waals surface area contributed by atoms with Crippen LogP contribution in [-0.4, -0.2) is 55.0 Å². The third-order valence-corrected chi connectivity index (χ3v) is 5.52. The zero-order valence-electron chi connectivity index (χ0n) is 19.5. The summed E-state index contributed by atoms with van der Waals surface area (Å²) in [5.74, 6) is 0.777. The largest absolute Gasteiger partial charge is 0.457 e. The molecule has 0 amide bonds. The minimum Gasteiger partial charge on any atom is -0.371 e. The van der Waals surface area contributed by atoms with E-state index in [0.29, 0.717) is 31.3 Å². The predicted octanol–water partition coefficient (Wildman–Crippen LogP) is 4.03. The Morgan fingerprint density at radius 2 is 1.94 bits per heavy atom. The van der Waals surface area contributed by atoms with Crippen molar-refractivity contribution in [2.45, 2.75) is 19.9 Å². The lowest BCUT2D eigenvalue weighted by molar-refractivity contribution is -0.771. The average molecular weight is 456 g/mol. The number of aryl methyl sites for hydroxylation is 1. The highest BCUT2D eigenvalue weighted by Gasteiger charge is 2.32. The van der Waals surface area contributed by atoms with Crippen molar-refractivity contribution in [3.05, 3.63) is 114 Å². The Balaban J connectivity index is 1.66. The molecule has 2 aromatic carbocycles. The van der Waals surface area contributed by atoms with Gasteiger partial charge in [0.05, 0.1) is 0 Å². The van der Waals surface area contributed by atoms with Crippen LogP contribution < -0.4 is 0 Å². The summed E-state index contributed by atoms with van der Waals surface area (Å²) in [5.41, 5.74) is 5.15. The number of hydrogen-bond acceptors (Lipinski definition) is 4. The molecular weight excluding hydrogens is 426 g/mol. The van der Waals surface area contributed by atoms with Gasteiger partial charge in [-0.15, -0.1) is 4.68 Å². The molecule has 0 atom stereocenters. The molecule has 0 aliphatic carbocycles. The van der Waals surface area contributed by atoms with Crippen LogP contribution >= 0.6 is 0 Å². The van der Waals surface area contributed by atoms with Crippen LogP contribution in [0.3, 0.4) is 0 Å². The third kappa shape index (κ3) is 5.38. The highest BCUT2D eigenvalue weighted by Crippen LogP contribution is 2.15. The molecule has 0 saturated carbocycles. The summed E-state index contributed by atoms with van der Waals surface area (Å²) in [6, 6.07) is 18.3. The Kier molecular flexibility index (Phi) is 7.13. The van der Waals surface area contributed by atoms with Crippen molar-refractivity contribution in [3.63, 3.8) is 0 Å². The van der Waals surface area contributed by atoms with Gasteiger partial charge in [0.2, 0.25) is 6.54 Å². The molecule has 1 aliphatic heterocycles. The van der Waals surface area contributed by atoms with E-state index in [1.54, 1.807) is 28.8 Å². The maximum atomic E-state index is 10.9. The summed E-state index contributed by atoms with van der Waals surface area (Å²) in [6.45, 7) is 7.06. The van der Waals surface area contributed by atoms with E-state index in [1.165, 1.54) is 11.1 Å². The van der Waals surface area contributed by atoms with E-state index in [9.17, 15) is 5.21 Å². The summed E-state index contributed by atoms with van der Waals surface area (Å²) < 4.78 is 4.37. The van der Waals surface area contributed by atoms with Gasteiger partial charge in [-0.1, -0.05) is 82.7 Å². The minimum atomic E-state index is 0.303. The Morgan fingerprint density at radius 1 is 1.18 bits per heavy atom. The molecule has 0 spiro atoms. The van der Waals surface area contributed by atoms with E-state index in [-0.39, 0.29) is 0 Å². The van der Waals surface area contributed by atoms with Gasteiger partial charge in [-0.2, -0.15) is 0 Å². The second-order valence-electron chi connectivity index (χ2n) is 8.01. The molecule has 172 valence electrons. The monoisotopic (exact) mass is 455 g/mol. The van der Waals surface area contributed by atoms with E-state index in [0.717, 1.165) is 21.6 Å². The van der Waals surface area contributed by atoms with Crippen LogP contribution in [0.1, 0.15) is 22.5 Å². The second-order valence-corrected chi connectivity index (χ2v) is 8.01. The first-order valence-electron chi connectivity index (χ1n) is 11.1. The molecule has 2 heterocycles. The van der Waals surface area contributed by atoms with E-state index in [4.69, 9.17) is 4.84 Å². The molecule has 4 rings (SSSR count). The zero-order chi connectivity index (χ0) is 23.9. The number of hydroxylamine groups is 1. The van der Waals surface area contributed by atoms with Crippen molar-refractivity contribution < 1.29 is 19.5 Å². The molecule has 1 N–H and O–H groups in total. The fraction of sp³-hybridized carbons (Fsp3) is 0.185. The van der Waals surface area contributed by atoms with Gasteiger partial charge in [-0.05, 0) is 51.9 Å². The molecule has 0 bridgehead atoms. The van der Waals surface area contributed by atoms with Crippen LogP contribution in [0, 0.1) is 6.92 Å². The van der Waals surface area contributed by atoms with Gasteiger partial charge in [-0.25, -0.2) is 0 Å². The first kappa shape index (κ1) is 22.9. The fourth-order valence-electron chi connectivity index (χ4n) is 3.65. The standard InChI is InChI=1S/C27H29N5O2/c1-4-22(19-23-14-12-21(2)13-15-23)16-18-31(33)27-28-26(25-11-8-17-32(25)34-3)29-30(27)20-24-9-6-5-7-10-24/h4-16,18,33H,1,17,19-20H2,2-3H3/q+2/b22-16+,31-18+. The van der Waals surface area contributed by atoms with Crippen molar-refractivity contribution >= 4 is 17.9 Å². The predicted molar refractivity (Wildman–Crippen MR) is 132 cm³/mol. The van der Waals surface area contributed by atoms with Crippen LogP contribution in [0.5, 0.6) is 0 Å². The number of nitrogens with zero attached hydrogens (tertiary/aromatic N) is 5. The average Bonchev–Trinajstić information content (AvgIpc) is 3.50. The Bertz CT molecular complexity index is 1280. The molecule has 0 fully saturated rings. The second kappa shape index (κ2) is 10.6. The van der Waals surface area contributed by atoms with Gasteiger partial charge in [0.15, 0.2) is 0 Å². The lowest BCUT2D eigenvalue weighted by atomic mass is 10.0. The maximum absolute atomic E-state index is 10.9. The zero-order valence-corrected chi connectivity index (χ0v) is 19.5. The number of allylic oxidation sites excluding steroid dienone is 4. The first-order valence-corrected chi connectivity index (χ1v) is 11.1. The van der Waals surface area contributed by atoms with Crippen LogP contribution in [0.25, 0.3) is 0 Å². The summed E-state index contributed by atoms with van der Waals surface area (Å²) in [4.78, 5) is 10.0. The molecule has 3 aromatic rings. The lowest BCUT2D eigenvalue weighted by Crippen LogP contribution is -2.17. The van der Waals surface area contributed by atoms with Crippen molar-refractivity contribution in [3.8, 4) is 0 Å². The molecule has 7 heteroatoms. The molecule has 0 radical (unpaired) electrons. The fourth-order valence-corrected chi connectivity index (χ4v) is 3.65. The van der Waals surface area contributed by atoms with Gasteiger partial charge in [0, 0.05) is 6.08 Å². The lowest BCUT2D eigenvalue weighted by Gasteiger charge is -2.03. The van der Waals surface area contributed by atoms with E-state index in [1.807, 2.05) is 48.6 Å². The number of hydrogen-bond donors (Lipinski definition) is 1. The van der Waals surface area contributed by atoms with E-state index in [2.05, 4.69) is 47.9 Å². The van der Waals surface area contributed by atoms with Crippen LogP contribution in [0.15, 0.2) is 91.1 Å². The normalized spacial score (nSPS) is 14.1. The van der Waals surface area contributed by atoms with Crippen LogP contribution in [0.2, 0.25) is 0 Å². The van der Waals surface area contributed by atoms with Crippen LogP contribution in [-0.2, 0) is 17.8 Å². The Morgan fingerprint density at radius 3 is 2.65 bits per heavy atom. The number of rotatable bonds is 9. The summed E-state index contributed by atoms with van der Waals surface area (Å²) >= 11 is 0. The smallest absolute Gasteiger partial charge is 0.371 e. The van der Waals surface area contributed by atoms with Gasteiger partial charge in [0.1, 0.15) is 19.9 Å². The van der Waals surface area contributed by atoms with Gasteiger partial charge in [-0.3, -0.25) is 4.84 Å². The maximum Gasteiger partial charge on any atom is 0.457 e. The van der Waals surface area contributed by atoms with Crippen molar-refractivity contribution in [2.75, 3.05) is 13.7 Å². The van der Waals surface area contributed by atoms with E-state index < -0.39 is 0 Å². The third-order valence-electron chi connectivity index (χ3n) is 5.52. The summed E-state index contributed by atoms with van der Waals surface area (Å²) in [5, 5.41) is 15.6. The Hall–Kier alpha value is -4.26. The SMILES string of the molecule is C=C/C(=C\C=[N+](\O)c1nc(C2=[N+](OC)CC=C2)nn1Cc1ccccc1)Cc1ccc(C)cc1. The Labute approximate surface area is 199 Å². The molecule has 34 heavy (non-hydrogen) atoms. The molecule has 1 aromatic heterocycles. The topological polar surface area (TPSA) is 66.2 Å². The van der Waals surface area contributed by atoms with Crippen molar-refractivity contribution in [1.29, 1.82) is 0 Å². The van der Waals surface area contributed by atoms with Gasteiger partial charge in [0.25, 0.3) is 0 Å². The number of benzene rings is 2. The van der Waals surface area contributed by atoms with Crippen LogP contribution in [0.4, 0.5) is 5.95 Å². The minimum absolute atomic E-state index is 0.303. The number of aromatic nitrogens is 3. The first-order chi connectivity index (χ1) is 16.6. The molecule has 0 unspecified atom stereocenters. The highest BCUT2D eigenvalue weighted by molar-refractivity contribution is 6.03. The van der Waals surface area contributed by atoms with Crippen molar-refractivity contribution in [1.82, 2.24) is 14.8 Å². The summed E-state index contributed by atoms with van der Waals surface area (Å²) in [6.07, 6.45) is 9.80. The van der Waals surface area contributed by atoms with Gasteiger partial charge < -0.3 is 5.21 Å². The molecule has 0 saturated heterocycles. The molecule has 7 nitrogen and oxygen atoms in total. The van der Waals surface area contributed by atoms with E-state index >= 15 is 0 Å². The molecular formula is C27H29N5O2+2. The highest BCUT2D eigenvalue weighted by atomic mass is 16.7. The van der Waals surface area contributed by atoms with Gasteiger partial charge >= 0.3 is 17.5 Å². The quantitative estimate of drug-likeness (QED) is 0.174. The summed E-state index contributed by atoms with van der Waals surface area (Å²) in [7, 11) is 1.61. The van der Waals surface area contributed by atoms with Crippen molar-refractivity contribution in [2.24, 2.45) is 0 Å².